The first kappa shape index (κ1) is 15.2. The van der Waals surface area contributed by atoms with Gasteiger partial charge in [-0.05, 0) is 35.9 Å². The van der Waals surface area contributed by atoms with Crippen molar-refractivity contribution in [2.45, 2.75) is 6.61 Å². The highest BCUT2D eigenvalue weighted by Gasteiger charge is 2.07. The Bertz CT molecular complexity index is 652. The molecule has 0 spiro atoms. The van der Waals surface area contributed by atoms with Gasteiger partial charge in [-0.25, -0.2) is 0 Å². The van der Waals surface area contributed by atoms with Crippen LogP contribution in [0.3, 0.4) is 0 Å². The Hall–Kier alpha value is -2.20. The smallest absolute Gasteiger partial charge is 0.387 e. The molecular formula is C16H11ClF2O2. The van der Waals surface area contributed by atoms with E-state index in [0.29, 0.717) is 5.02 Å². The Morgan fingerprint density at radius 1 is 1.14 bits per heavy atom. The summed E-state index contributed by atoms with van der Waals surface area (Å²) in [5, 5.41) is 0.607. The van der Waals surface area contributed by atoms with Crippen molar-refractivity contribution in [2.75, 3.05) is 0 Å². The van der Waals surface area contributed by atoms with E-state index in [-0.39, 0.29) is 17.1 Å². The summed E-state index contributed by atoms with van der Waals surface area (Å²) >= 11 is 5.76. The third-order valence-corrected chi connectivity index (χ3v) is 2.89. The molecule has 5 heteroatoms. The van der Waals surface area contributed by atoms with E-state index >= 15 is 0 Å². The predicted octanol–water partition coefficient (Wildman–Crippen LogP) is 4.84. The molecule has 0 saturated carbocycles. The molecule has 2 aromatic rings. The largest absolute Gasteiger partial charge is 0.435 e. The minimum Gasteiger partial charge on any atom is -0.435 e. The molecule has 0 fully saturated rings. The van der Waals surface area contributed by atoms with Crippen LogP contribution in [0.5, 0.6) is 5.75 Å². The van der Waals surface area contributed by atoms with E-state index in [4.69, 9.17) is 11.6 Å². The van der Waals surface area contributed by atoms with Crippen LogP contribution in [-0.2, 0) is 0 Å². The molecule has 108 valence electrons. The van der Waals surface area contributed by atoms with Crippen molar-refractivity contribution in [1.82, 2.24) is 0 Å². The zero-order valence-corrected chi connectivity index (χ0v) is 11.6. The van der Waals surface area contributed by atoms with Crippen molar-refractivity contribution in [3.05, 3.63) is 70.8 Å². The quantitative estimate of drug-likeness (QED) is 0.583. The number of hydrogen-bond acceptors (Lipinski definition) is 2. The lowest BCUT2D eigenvalue weighted by Crippen LogP contribution is -2.03. The highest BCUT2D eigenvalue weighted by molar-refractivity contribution is 6.30. The number of rotatable bonds is 5. The third-order valence-electron chi connectivity index (χ3n) is 2.64. The van der Waals surface area contributed by atoms with E-state index in [2.05, 4.69) is 4.74 Å². The number of ether oxygens (including phenoxy) is 1. The van der Waals surface area contributed by atoms with Crippen LogP contribution in [0.1, 0.15) is 15.9 Å². The number of hydrogen-bond donors (Lipinski definition) is 0. The van der Waals surface area contributed by atoms with Crippen molar-refractivity contribution in [3.63, 3.8) is 0 Å². The molecule has 2 aromatic carbocycles. The zero-order chi connectivity index (χ0) is 15.2. The summed E-state index contributed by atoms with van der Waals surface area (Å²) in [6.45, 7) is -2.92. The van der Waals surface area contributed by atoms with Crippen molar-refractivity contribution < 1.29 is 18.3 Å². The van der Waals surface area contributed by atoms with Crippen LogP contribution < -0.4 is 4.74 Å². The van der Waals surface area contributed by atoms with Gasteiger partial charge in [0.05, 0.1) is 0 Å². The van der Waals surface area contributed by atoms with Crippen molar-refractivity contribution in [2.24, 2.45) is 0 Å². The fourth-order valence-electron chi connectivity index (χ4n) is 1.67. The number of allylic oxidation sites excluding steroid dienone is 1. The van der Waals surface area contributed by atoms with Crippen LogP contribution in [0.25, 0.3) is 6.08 Å². The summed E-state index contributed by atoms with van der Waals surface area (Å²) in [5.74, 6) is -0.347. The van der Waals surface area contributed by atoms with E-state index in [1.165, 1.54) is 30.3 Å². The number of alkyl halides is 2. The monoisotopic (exact) mass is 308 g/mol. The van der Waals surface area contributed by atoms with Gasteiger partial charge in [0, 0.05) is 10.6 Å². The van der Waals surface area contributed by atoms with E-state index in [1.54, 1.807) is 30.3 Å². The first-order valence-electron chi connectivity index (χ1n) is 6.07. The van der Waals surface area contributed by atoms with Gasteiger partial charge in [-0.3, -0.25) is 4.79 Å². The molecule has 0 aliphatic carbocycles. The molecule has 2 nitrogen and oxygen atoms in total. The van der Waals surface area contributed by atoms with E-state index in [1.807, 2.05) is 0 Å². The Labute approximate surface area is 125 Å². The molecule has 0 amide bonds. The Balaban J connectivity index is 2.11. The van der Waals surface area contributed by atoms with Gasteiger partial charge in [0.2, 0.25) is 0 Å². The second-order valence-corrected chi connectivity index (χ2v) is 4.59. The summed E-state index contributed by atoms with van der Waals surface area (Å²) in [6.07, 6.45) is 2.99. The molecule has 0 aliphatic heterocycles. The van der Waals surface area contributed by atoms with Crippen molar-refractivity contribution >= 4 is 23.5 Å². The summed E-state index contributed by atoms with van der Waals surface area (Å²) in [7, 11) is 0. The second kappa shape index (κ2) is 6.99. The van der Waals surface area contributed by atoms with Gasteiger partial charge in [-0.2, -0.15) is 8.78 Å². The van der Waals surface area contributed by atoms with E-state index in [9.17, 15) is 13.6 Å². The fraction of sp³-hybridized carbons (Fsp3) is 0.0625. The Morgan fingerprint density at radius 3 is 2.52 bits per heavy atom. The average Bonchev–Trinajstić information content (AvgIpc) is 2.46. The Kier molecular flexibility index (Phi) is 5.06. The van der Waals surface area contributed by atoms with E-state index < -0.39 is 6.61 Å². The third kappa shape index (κ3) is 4.68. The highest BCUT2D eigenvalue weighted by Crippen LogP contribution is 2.17. The molecule has 0 heterocycles. The first-order chi connectivity index (χ1) is 10.0. The molecule has 0 atom stereocenters. The minimum absolute atomic E-state index is 0.0456. The SMILES string of the molecule is O=C(C=Cc1ccc(Cl)cc1)c1cccc(OC(F)F)c1. The number of carbonyl (C=O) groups excluding carboxylic acids is 1. The maximum Gasteiger partial charge on any atom is 0.387 e. The summed E-state index contributed by atoms with van der Waals surface area (Å²) < 4.78 is 28.5. The maximum atomic E-state index is 12.1. The van der Waals surface area contributed by atoms with Gasteiger partial charge in [0.1, 0.15) is 5.75 Å². The predicted molar refractivity (Wildman–Crippen MR) is 77.9 cm³/mol. The number of carbonyl (C=O) groups is 1. The van der Waals surface area contributed by atoms with Gasteiger partial charge in [0.25, 0.3) is 0 Å². The molecule has 0 aromatic heterocycles. The molecule has 0 unspecified atom stereocenters. The second-order valence-electron chi connectivity index (χ2n) is 4.16. The Morgan fingerprint density at radius 2 is 1.86 bits per heavy atom. The number of ketones is 1. The summed E-state index contributed by atoms with van der Waals surface area (Å²) in [4.78, 5) is 12.0. The van der Waals surface area contributed by atoms with Crippen LogP contribution in [-0.4, -0.2) is 12.4 Å². The molecule has 0 saturated heterocycles. The summed E-state index contributed by atoms with van der Waals surface area (Å²) in [5.41, 5.74) is 1.09. The van der Waals surface area contributed by atoms with Crippen LogP contribution in [0.4, 0.5) is 8.78 Å². The van der Waals surface area contributed by atoms with Gasteiger partial charge < -0.3 is 4.74 Å². The molecule has 0 N–H and O–H groups in total. The normalized spacial score (nSPS) is 11.0. The van der Waals surface area contributed by atoms with Gasteiger partial charge in [0.15, 0.2) is 5.78 Å². The standard InChI is InChI=1S/C16H11ClF2O2/c17-13-7-4-11(5-8-13)6-9-15(20)12-2-1-3-14(10-12)21-16(18)19/h1-10,16H. The maximum absolute atomic E-state index is 12.1. The topological polar surface area (TPSA) is 26.3 Å². The average molecular weight is 309 g/mol. The van der Waals surface area contributed by atoms with Gasteiger partial charge in [-0.1, -0.05) is 41.9 Å². The molecule has 0 radical (unpaired) electrons. The number of halogens is 3. The molecule has 0 bridgehead atoms. The molecule has 2 rings (SSSR count). The lowest BCUT2D eigenvalue weighted by molar-refractivity contribution is -0.0498. The van der Waals surface area contributed by atoms with Crippen LogP contribution in [0, 0.1) is 0 Å². The lowest BCUT2D eigenvalue weighted by Gasteiger charge is -2.04. The zero-order valence-electron chi connectivity index (χ0n) is 10.8. The fourth-order valence-corrected chi connectivity index (χ4v) is 1.79. The minimum atomic E-state index is -2.92. The van der Waals surface area contributed by atoms with Crippen LogP contribution in [0.2, 0.25) is 5.02 Å². The van der Waals surface area contributed by atoms with Crippen LogP contribution >= 0.6 is 11.6 Å². The molecule has 0 aliphatic rings. The van der Waals surface area contributed by atoms with Gasteiger partial charge in [-0.15, -0.1) is 0 Å². The van der Waals surface area contributed by atoms with Crippen molar-refractivity contribution in [1.29, 1.82) is 0 Å². The summed E-state index contributed by atoms with van der Waals surface area (Å²) in [6, 6.07) is 12.6. The molecule has 21 heavy (non-hydrogen) atoms. The van der Waals surface area contributed by atoms with Gasteiger partial charge >= 0.3 is 6.61 Å². The van der Waals surface area contributed by atoms with Crippen LogP contribution in [0.15, 0.2) is 54.6 Å². The number of benzene rings is 2. The first-order valence-corrected chi connectivity index (χ1v) is 6.45. The molecular weight excluding hydrogens is 298 g/mol. The van der Waals surface area contributed by atoms with E-state index in [0.717, 1.165) is 5.56 Å². The highest BCUT2D eigenvalue weighted by atomic mass is 35.5. The van der Waals surface area contributed by atoms with Crippen molar-refractivity contribution in [3.8, 4) is 5.75 Å². The lowest BCUT2D eigenvalue weighted by atomic mass is 10.1.